The number of aliphatic hydroxyl groups is 1. The van der Waals surface area contributed by atoms with E-state index >= 15 is 0 Å². The third-order valence-electron chi connectivity index (χ3n) is 7.27. The molecule has 0 bridgehead atoms. The van der Waals surface area contributed by atoms with Crippen LogP contribution in [0.4, 0.5) is 0 Å². The lowest BCUT2D eigenvalue weighted by Gasteiger charge is -2.39. The van der Waals surface area contributed by atoms with E-state index in [0.717, 1.165) is 28.6 Å². The molecular formula is C30H41ClN5O5-. The first kappa shape index (κ1) is 32.5. The summed E-state index contributed by atoms with van der Waals surface area (Å²) in [6.07, 6.45) is 3.54. The zero-order chi connectivity index (χ0) is 30.5. The van der Waals surface area contributed by atoms with Crippen LogP contribution in [0.2, 0.25) is 5.02 Å². The number of halogens is 1. The van der Waals surface area contributed by atoms with Crippen LogP contribution in [0.1, 0.15) is 65.6 Å². The number of carbonyl (C=O) groups is 3. The Balaban J connectivity index is 1.66. The number of aliphatic hydroxyl groups excluding tert-OH is 1. The van der Waals surface area contributed by atoms with Gasteiger partial charge in [-0.15, -0.1) is 0 Å². The Hall–Kier alpha value is -3.05. The van der Waals surface area contributed by atoms with Gasteiger partial charge in [-0.1, -0.05) is 56.7 Å². The summed E-state index contributed by atoms with van der Waals surface area (Å²) in [5.74, 6) is -1.52. The van der Waals surface area contributed by atoms with Crippen LogP contribution in [0.25, 0.3) is 17.0 Å². The number of fused-ring (bicyclic) bond motifs is 1. The van der Waals surface area contributed by atoms with Gasteiger partial charge >= 0.3 is 0 Å². The summed E-state index contributed by atoms with van der Waals surface area (Å²) >= 11 is 6.40. The molecule has 0 saturated carbocycles. The van der Waals surface area contributed by atoms with Gasteiger partial charge in [-0.05, 0) is 69.9 Å². The fraction of sp³-hybridized carbons (Fsp3) is 0.533. The van der Waals surface area contributed by atoms with E-state index in [2.05, 4.69) is 21.0 Å². The molecule has 4 atom stereocenters. The van der Waals surface area contributed by atoms with Crippen LogP contribution in [-0.4, -0.2) is 63.8 Å². The zero-order valence-corrected chi connectivity index (χ0v) is 25.3. The maximum absolute atomic E-state index is 13.3. The fourth-order valence-electron chi connectivity index (χ4n) is 4.56. The summed E-state index contributed by atoms with van der Waals surface area (Å²) in [5.41, 5.74) is 4.32. The fourth-order valence-corrected chi connectivity index (χ4v) is 4.84. The van der Waals surface area contributed by atoms with Crippen molar-refractivity contribution in [3.63, 3.8) is 0 Å². The normalized spacial score (nSPS) is 18.4. The monoisotopic (exact) mass is 586 g/mol. The van der Waals surface area contributed by atoms with E-state index in [-0.39, 0.29) is 11.8 Å². The second-order valence-electron chi connectivity index (χ2n) is 11.5. The summed E-state index contributed by atoms with van der Waals surface area (Å²) in [6, 6.07) is 5.04. The number of hydrazine groups is 1. The van der Waals surface area contributed by atoms with Crippen molar-refractivity contribution in [1.29, 1.82) is 0 Å². The van der Waals surface area contributed by atoms with Crippen molar-refractivity contribution in [2.24, 2.45) is 11.3 Å². The highest BCUT2D eigenvalue weighted by Gasteiger charge is 2.33. The molecule has 0 spiro atoms. The third kappa shape index (κ3) is 8.25. The van der Waals surface area contributed by atoms with Gasteiger partial charge in [0.05, 0.1) is 16.0 Å². The number of nitrogens with zero attached hydrogens (tertiary/aromatic N) is 2. The van der Waals surface area contributed by atoms with E-state index in [1.54, 1.807) is 26.8 Å². The van der Waals surface area contributed by atoms with Gasteiger partial charge in [-0.25, -0.2) is 5.43 Å². The highest BCUT2D eigenvalue weighted by molar-refractivity contribution is 6.35. The maximum atomic E-state index is 13.3. The molecule has 1 unspecified atom stereocenters. The lowest BCUT2D eigenvalue weighted by atomic mass is 9.89. The van der Waals surface area contributed by atoms with Gasteiger partial charge in [0.25, 0.3) is 5.91 Å². The second-order valence-corrected chi connectivity index (χ2v) is 11.9. The van der Waals surface area contributed by atoms with Crippen LogP contribution < -0.4 is 21.2 Å². The van der Waals surface area contributed by atoms with Crippen molar-refractivity contribution in [3.05, 3.63) is 46.6 Å². The van der Waals surface area contributed by atoms with E-state index < -0.39 is 41.6 Å². The van der Waals surface area contributed by atoms with Gasteiger partial charge in [0.1, 0.15) is 12.1 Å². The molecule has 2 aromatic rings. The van der Waals surface area contributed by atoms with E-state index in [9.17, 15) is 24.6 Å². The average molecular weight is 587 g/mol. The Bertz CT molecular complexity index is 1300. The lowest BCUT2D eigenvalue weighted by molar-refractivity contribution is -0.491. The molecule has 1 aliphatic heterocycles. The number of aromatic nitrogens is 1. The van der Waals surface area contributed by atoms with Crippen LogP contribution in [0.15, 0.2) is 30.3 Å². The first-order chi connectivity index (χ1) is 19.2. The molecule has 0 radical (unpaired) electrons. The van der Waals surface area contributed by atoms with Crippen LogP contribution in [0.3, 0.4) is 0 Å². The Morgan fingerprint density at radius 1 is 1.24 bits per heavy atom. The van der Waals surface area contributed by atoms with Gasteiger partial charge < -0.3 is 20.8 Å². The van der Waals surface area contributed by atoms with Crippen molar-refractivity contribution < 1.29 is 24.6 Å². The maximum Gasteiger partial charge on any atom is 0.258 e. The van der Waals surface area contributed by atoms with E-state index in [0.29, 0.717) is 24.4 Å². The van der Waals surface area contributed by atoms with Crippen molar-refractivity contribution >= 4 is 46.3 Å². The number of hydrogen-bond donors (Lipinski definition) is 4. The number of pyridine rings is 1. The first-order valence-electron chi connectivity index (χ1n) is 14.0. The van der Waals surface area contributed by atoms with E-state index in [4.69, 9.17) is 11.6 Å². The SMILES string of the molecule is CCc1cc(Cl)c2ccc(/C=C/C(C)(C)C(=O)N[C@H](C(=O)N[C@@H](C)C(=O)N3CCC[C@@H](C([O-])O)N3)C(C)C)cc2n1. The second kappa shape index (κ2) is 13.7. The Kier molecular flexibility index (Phi) is 10.9. The molecule has 3 amide bonds. The standard InChI is InChI=1S/C30H41ClN5O5/c1-7-20-16-22(31)21-11-10-19(15-24(21)33-20)12-13-30(5,6)29(41)34-25(17(2)3)26(37)32-18(4)27(38)36-14-8-9-23(35-36)28(39)40/h10-13,15-18,23,25,28,35,39H,7-9,14H2,1-6H3,(H,32,37)(H,34,41)/q-1/b13-12+/t18-,23-,25-,28?/m0/s1. The molecule has 0 aliphatic carbocycles. The van der Waals surface area contributed by atoms with Gasteiger partial charge in [-0.2, -0.15) is 0 Å². The average Bonchev–Trinajstić information content (AvgIpc) is 2.93. The number of benzene rings is 1. The van der Waals surface area contributed by atoms with Gasteiger partial charge in [0, 0.05) is 23.7 Å². The molecule has 1 aromatic carbocycles. The van der Waals surface area contributed by atoms with Gasteiger partial charge in [-0.3, -0.25) is 24.4 Å². The molecule has 2 heterocycles. The lowest BCUT2D eigenvalue weighted by Crippen LogP contribution is -2.62. The summed E-state index contributed by atoms with van der Waals surface area (Å²) in [4.78, 5) is 44.0. The van der Waals surface area contributed by atoms with Crippen molar-refractivity contribution in [2.45, 2.75) is 85.2 Å². The molecule has 1 aromatic heterocycles. The predicted molar refractivity (Wildman–Crippen MR) is 157 cm³/mol. The van der Waals surface area contributed by atoms with Crippen molar-refractivity contribution in [2.75, 3.05) is 6.54 Å². The predicted octanol–water partition coefficient (Wildman–Crippen LogP) is 2.31. The minimum absolute atomic E-state index is 0.252. The number of amides is 3. The molecular weight excluding hydrogens is 546 g/mol. The minimum Gasteiger partial charge on any atom is -0.830 e. The molecule has 4 N–H and O–H groups in total. The van der Waals surface area contributed by atoms with Gasteiger partial charge in [0.2, 0.25) is 11.8 Å². The molecule has 10 nitrogen and oxygen atoms in total. The molecule has 3 rings (SSSR count). The molecule has 1 fully saturated rings. The minimum atomic E-state index is -1.85. The zero-order valence-electron chi connectivity index (χ0n) is 24.5. The van der Waals surface area contributed by atoms with E-state index in [1.165, 1.54) is 5.01 Å². The Morgan fingerprint density at radius 2 is 1.95 bits per heavy atom. The smallest absolute Gasteiger partial charge is 0.258 e. The molecule has 1 aliphatic rings. The largest absolute Gasteiger partial charge is 0.830 e. The molecule has 11 heteroatoms. The van der Waals surface area contributed by atoms with Crippen molar-refractivity contribution in [1.82, 2.24) is 26.1 Å². The van der Waals surface area contributed by atoms with Crippen LogP contribution >= 0.6 is 11.6 Å². The number of nitrogens with one attached hydrogen (secondary N) is 3. The van der Waals surface area contributed by atoms with Crippen LogP contribution in [0.5, 0.6) is 0 Å². The Labute approximate surface area is 246 Å². The molecule has 1 saturated heterocycles. The summed E-state index contributed by atoms with van der Waals surface area (Å²) in [5, 5.41) is 29.0. The number of rotatable bonds is 10. The Morgan fingerprint density at radius 3 is 2.59 bits per heavy atom. The third-order valence-corrected chi connectivity index (χ3v) is 7.58. The highest BCUT2D eigenvalue weighted by atomic mass is 35.5. The van der Waals surface area contributed by atoms with Gasteiger partial charge in [0.15, 0.2) is 0 Å². The summed E-state index contributed by atoms with van der Waals surface area (Å²) in [7, 11) is 0. The van der Waals surface area contributed by atoms with Crippen LogP contribution in [-0.2, 0) is 20.8 Å². The number of carbonyl (C=O) groups excluding carboxylic acids is 3. The number of hydrogen-bond acceptors (Lipinski definition) is 7. The van der Waals surface area contributed by atoms with E-state index in [1.807, 2.05) is 51.1 Å². The highest BCUT2D eigenvalue weighted by Crippen LogP contribution is 2.26. The summed E-state index contributed by atoms with van der Waals surface area (Å²) in [6.45, 7) is 11.0. The van der Waals surface area contributed by atoms with Crippen LogP contribution in [0, 0.1) is 11.3 Å². The first-order valence-corrected chi connectivity index (χ1v) is 14.4. The summed E-state index contributed by atoms with van der Waals surface area (Å²) < 4.78 is 0. The quantitative estimate of drug-likeness (QED) is 0.312. The molecule has 41 heavy (non-hydrogen) atoms. The van der Waals surface area contributed by atoms with Crippen molar-refractivity contribution in [3.8, 4) is 0 Å². The number of aryl methyl sites for hydroxylation is 1. The topological polar surface area (TPSA) is 147 Å². The molecule has 224 valence electrons.